The van der Waals surface area contributed by atoms with E-state index in [4.69, 9.17) is 16.3 Å². The SMILES string of the molecule is CS(=O)(=O)c1cc(OCCCN(Cc2ccccc2)Cc2cccc(C(F)(F)F)c2Cl)ccc1CO. The maximum Gasteiger partial charge on any atom is 0.417 e. The number of aliphatic hydroxyl groups excluding tert-OH is 1. The summed E-state index contributed by atoms with van der Waals surface area (Å²) in [5.41, 5.74) is 0.800. The number of sulfone groups is 1. The van der Waals surface area contributed by atoms with Gasteiger partial charge in [-0.15, -0.1) is 0 Å². The third kappa shape index (κ3) is 7.70. The summed E-state index contributed by atoms with van der Waals surface area (Å²) >= 11 is 6.12. The molecule has 0 aromatic heterocycles. The lowest BCUT2D eigenvalue weighted by Gasteiger charge is -2.24. The highest BCUT2D eigenvalue weighted by Gasteiger charge is 2.34. The van der Waals surface area contributed by atoms with Crippen LogP contribution in [0.2, 0.25) is 5.02 Å². The van der Waals surface area contributed by atoms with Crippen molar-refractivity contribution in [1.29, 1.82) is 0 Å². The normalized spacial score (nSPS) is 12.2. The summed E-state index contributed by atoms with van der Waals surface area (Å²) in [7, 11) is -3.54. The van der Waals surface area contributed by atoms with Crippen LogP contribution in [0.25, 0.3) is 0 Å². The van der Waals surface area contributed by atoms with E-state index in [9.17, 15) is 26.7 Å². The Morgan fingerprint density at radius 1 is 0.972 bits per heavy atom. The molecule has 0 aliphatic rings. The predicted molar refractivity (Wildman–Crippen MR) is 133 cm³/mol. The van der Waals surface area contributed by atoms with E-state index in [0.717, 1.165) is 17.9 Å². The molecule has 0 aliphatic heterocycles. The summed E-state index contributed by atoms with van der Waals surface area (Å²) < 4.78 is 69.6. The van der Waals surface area contributed by atoms with E-state index >= 15 is 0 Å². The lowest BCUT2D eigenvalue weighted by atomic mass is 10.1. The van der Waals surface area contributed by atoms with Gasteiger partial charge in [0, 0.05) is 25.9 Å². The molecular formula is C26H27ClF3NO4S. The zero-order valence-electron chi connectivity index (χ0n) is 19.6. The Bertz CT molecular complexity index is 1270. The molecule has 0 amide bonds. The average Bonchev–Trinajstić information content (AvgIpc) is 2.82. The highest BCUT2D eigenvalue weighted by Crippen LogP contribution is 2.36. The minimum Gasteiger partial charge on any atom is -0.494 e. The van der Waals surface area contributed by atoms with Gasteiger partial charge in [0.05, 0.1) is 28.7 Å². The Morgan fingerprint density at radius 2 is 1.69 bits per heavy atom. The summed E-state index contributed by atoms with van der Waals surface area (Å²) in [4.78, 5) is 1.99. The number of halogens is 4. The van der Waals surface area contributed by atoms with Gasteiger partial charge >= 0.3 is 6.18 Å². The predicted octanol–water partition coefficient (Wildman–Crippen LogP) is 5.73. The van der Waals surface area contributed by atoms with Crippen molar-refractivity contribution in [1.82, 2.24) is 4.90 Å². The molecule has 3 rings (SSSR count). The Balaban J connectivity index is 1.70. The number of hydrogen-bond donors (Lipinski definition) is 1. The van der Waals surface area contributed by atoms with Gasteiger partial charge in [0.15, 0.2) is 9.84 Å². The summed E-state index contributed by atoms with van der Waals surface area (Å²) in [6.07, 6.45) is -2.95. The highest BCUT2D eigenvalue weighted by atomic mass is 35.5. The molecule has 3 aromatic carbocycles. The molecule has 194 valence electrons. The average molecular weight is 542 g/mol. The van der Waals surface area contributed by atoms with E-state index in [1.165, 1.54) is 18.2 Å². The molecule has 36 heavy (non-hydrogen) atoms. The van der Waals surface area contributed by atoms with Gasteiger partial charge in [-0.2, -0.15) is 13.2 Å². The third-order valence-electron chi connectivity index (χ3n) is 5.52. The van der Waals surface area contributed by atoms with Crippen molar-refractivity contribution in [2.75, 3.05) is 19.4 Å². The first kappa shape index (κ1) is 28.0. The number of ether oxygens (including phenoxy) is 1. The molecule has 0 saturated heterocycles. The zero-order chi connectivity index (χ0) is 26.3. The van der Waals surface area contributed by atoms with Gasteiger partial charge < -0.3 is 9.84 Å². The van der Waals surface area contributed by atoms with Crippen LogP contribution in [-0.2, 0) is 35.7 Å². The molecule has 0 atom stereocenters. The quantitative estimate of drug-likeness (QED) is 0.314. The fourth-order valence-electron chi connectivity index (χ4n) is 3.80. The summed E-state index contributed by atoms with van der Waals surface area (Å²) in [5.74, 6) is 0.350. The molecule has 1 N–H and O–H groups in total. The summed E-state index contributed by atoms with van der Waals surface area (Å²) in [6, 6.07) is 17.9. The van der Waals surface area contributed by atoms with Crippen molar-refractivity contribution in [3.63, 3.8) is 0 Å². The Kier molecular flexibility index (Phi) is 9.41. The Labute approximate surface area is 214 Å². The molecular weight excluding hydrogens is 515 g/mol. The van der Waals surface area contributed by atoms with Gasteiger partial charge in [-0.05, 0) is 41.3 Å². The minimum absolute atomic E-state index is 0.00684. The first-order valence-electron chi connectivity index (χ1n) is 11.2. The molecule has 0 heterocycles. The van der Waals surface area contributed by atoms with Crippen molar-refractivity contribution >= 4 is 21.4 Å². The molecule has 0 unspecified atom stereocenters. The highest BCUT2D eigenvalue weighted by molar-refractivity contribution is 7.90. The number of hydrogen-bond acceptors (Lipinski definition) is 5. The fraction of sp³-hybridized carbons (Fsp3) is 0.308. The largest absolute Gasteiger partial charge is 0.494 e. The van der Waals surface area contributed by atoms with Crippen LogP contribution >= 0.6 is 11.6 Å². The zero-order valence-corrected chi connectivity index (χ0v) is 21.2. The summed E-state index contributed by atoms with van der Waals surface area (Å²) in [6.45, 7) is 1.05. The second-order valence-electron chi connectivity index (χ2n) is 8.37. The van der Waals surface area contributed by atoms with Crippen LogP contribution in [0.4, 0.5) is 13.2 Å². The van der Waals surface area contributed by atoms with Gasteiger partial charge in [-0.25, -0.2) is 8.42 Å². The van der Waals surface area contributed by atoms with Crippen molar-refractivity contribution in [2.45, 2.75) is 37.2 Å². The maximum absolute atomic E-state index is 13.3. The van der Waals surface area contributed by atoms with Crippen molar-refractivity contribution < 1.29 is 31.4 Å². The lowest BCUT2D eigenvalue weighted by molar-refractivity contribution is -0.137. The second kappa shape index (κ2) is 12.1. The summed E-state index contributed by atoms with van der Waals surface area (Å²) in [5, 5.41) is 9.08. The Hall–Kier alpha value is -2.59. The minimum atomic E-state index is -4.54. The second-order valence-corrected chi connectivity index (χ2v) is 10.7. The van der Waals surface area contributed by atoms with Gasteiger partial charge in [-0.1, -0.05) is 60.1 Å². The van der Waals surface area contributed by atoms with Crippen molar-refractivity contribution in [3.8, 4) is 5.75 Å². The molecule has 0 fully saturated rings. The van der Waals surface area contributed by atoms with Crippen LogP contribution < -0.4 is 4.74 Å². The topological polar surface area (TPSA) is 66.8 Å². The molecule has 0 radical (unpaired) electrons. The van der Waals surface area contributed by atoms with E-state index in [1.807, 2.05) is 35.2 Å². The van der Waals surface area contributed by atoms with Gasteiger partial charge in [0.25, 0.3) is 0 Å². The third-order valence-corrected chi connectivity index (χ3v) is 7.15. The molecule has 10 heteroatoms. The fourth-order valence-corrected chi connectivity index (χ4v) is 5.03. The molecule has 5 nitrogen and oxygen atoms in total. The number of benzene rings is 3. The number of nitrogens with zero attached hydrogens (tertiary/aromatic N) is 1. The first-order chi connectivity index (χ1) is 17.0. The van der Waals surface area contributed by atoms with Crippen LogP contribution in [0.1, 0.15) is 28.7 Å². The van der Waals surface area contributed by atoms with Crippen LogP contribution in [-0.4, -0.2) is 37.8 Å². The lowest BCUT2D eigenvalue weighted by Crippen LogP contribution is -2.25. The van der Waals surface area contributed by atoms with Crippen molar-refractivity contribution in [3.05, 3.63) is 94.0 Å². The van der Waals surface area contributed by atoms with Gasteiger partial charge in [-0.3, -0.25) is 4.90 Å². The van der Waals surface area contributed by atoms with Crippen molar-refractivity contribution in [2.24, 2.45) is 0 Å². The smallest absolute Gasteiger partial charge is 0.417 e. The van der Waals surface area contributed by atoms with Crippen LogP contribution in [0.15, 0.2) is 71.6 Å². The van der Waals surface area contributed by atoms with E-state index in [0.29, 0.717) is 30.8 Å². The van der Waals surface area contributed by atoms with Crippen LogP contribution in [0, 0.1) is 0 Å². The van der Waals surface area contributed by atoms with Gasteiger partial charge in [0.1, 0.15) is 5.75 Å². The standard InChI is InChI=1S/C26H27ClF3NO4S/c1-36(33,34)24-15-22(12-11-21(24)18-32)35-14-6-13-31(16-19-7-3-2-4-8-19)17-20-9-5-10-23(25(20)27)26(28,29)30/h2-5,7-12,15,32H,6,13-14,16-18H2,1H3. The Morgan fingerprint density at radius 3 is 2.33 bits per heavy atom. The van der Waals surface area contributed by atoms with Crippen LogP contribution in [0.3, 0.4) is 0 Å². The number of aliphatic hydroxyl groups is 1. The van der Waals surface area contributed by atoms with E-state index in [-0.39, 0.29) is 28.6 Å². The first-order valence-corrected chi connectivity index (χ1v) is 13.4. The monoisotopic (exact) mass is 541 g/mol. The van der Waals surface area contributed by atoms with E-state index in [2.05, 4.69) is 0 Å². The molecule has 3 aromatic rings. The van der Waals surface area contributed by atoms with E-state index < -0.39 is 28.2 Å². The molecule has 0 spiro atoms. The van der Waals surface area contributed by atoms with Gasteiger partial charge in [0.2, 0.25) is 0 Å². The molecule has 0 aliphatic carbocycles. The molecule has 0 bridgehead atoms. The van der Waals surface area contributed by atoms with E-state index in [1.54, 1.807) is 12.1 Å². The van der Waals surface area contributed by atoms with Crippen LogP contribution in [0.5, 0.6) is 5.75 Å². The number of rotatable bonds is 11. The maximum atomic E-state index is 13.3. The molecule has 0 saturated carbocycles. The number of alkyl halides is 3.